The fourth-order valence-electron chi connectivity index (χ4n) is 1.10. The van der Waals surface area contributed by atoms with Crippen molar-refractivity contribution in [2.75, 3.05) is 0 Å². The minimum absolute atomic E-state index is 0.255. The van der Waals surface area contributed by atoms with Crippen LogP contribution in [0.25, 0.3) is 0 Å². The van der Waals surface area contributed by atoms with E-state index in [2.05, 4.69) is 4.74 Å². The van der Waals surface area contributed by atoms with Crippen molar-refractivity contribution in [3.8, 4) is 5.75 Å². The van der Waals surface area contributed by atoms with Gasteiger partial charge in [-0.05, 0) is 12.1 Å². The molecule has 0 aliphatic rings. The number of amides is 1. The summed E-state index contributed by atoms with van der Waals surface area (Å²) in [6.07, 6.45) is 0. The van der Waals surface area contributed by atoms with Crippen LogP contribution in [0.5, 0.6) is 5.75 Å². The number of nitro benzene ring substituents is 1. The smallest absolute Gasteiger partial charge is 0.312 e. The lowest BCUT2D eigenvalue weighted by Crippen LogP contribution is -2.14. The molecule has 0 aliphatic heterocycles. The molecule has 1 aromatic carbocycles. The summed E-state index contributed by atoms with van der Waals surface area (Å²) in [5.41, 5.74) is -0.0122. The summed E-state index contributed by atoms with van der Waals surface area (Å²) in [6.45, 7) is 1.08. The number of esters is 1. The Hall–Kier alpha value is -2.51. The van der Waals surface area contributed by atoms with Gasteiger partial charge < -0.3 is 4.74 Å². The van der Waals surface area contributed by atoms with Crippen LogP contribution in [0.4, 0.5) is 10.2 Å². The maximum absolute atomic E-state index is 11.9. The summed E-state index contributed by atoms with van der Waals surface area (Å²) in [6, 6.07) is 2.96. The van der Waals surface area contributed by atoms with Crippen molar-refractivity contribution in [1.29, 1.82) is 0 Å². The number of rotatable bonds is 3. The van der Waals surface area contributed by atoms with Crippen LogP contribution in [-0.4, -0.2) is 16.8 Å². The Balaban J connectivity index is 3.21. The van der Waals surface area contributed by atoms with Crippen LogP contribution in [0.1, 0.15) is 17.3 Å². The third-order valence-electron chi connectivity index (χ3n) is 1.76. The number of halogens is 1. The summed E-state index contributed by atoms with van der Waals surface area (Å²) in [5.74, 6) is -2.17. The number of ether oxygens (including phenoxy) is 1. The molecule has 0 saturated heterocycles. The fraction of sp³-hybridized carbons (Fsp3) is 0.111. The number of carbonyl (C=O) groups is 2. The molecule has 17 heavy (non-hydrogen) atoms. The Morgan fingerprint density at radius 1 is 1.47 bits per heavy atom. The Morgan fingerprint density at radius 3 is 2.59 bits per heavy atom. The highest BCUT2D eigenvalue weighted by molar-refractivity contribution is 5.94. The maximum atomic E-state index is 11.9. The largest absolute Gasteiger partial charge is 0.419 e. The average molecular weight is 242 g/mol. The third-order valence-corrected chi connectivity index (χ3v) is 1.76. The Kier molecular flexibility index (Phi) is 3.70. The average Bonchev–Trinajstić information content (AvgIpc) is 2.27. The van der Waals surface area contributed by atoms with E-state index in [1.165, 1.54) is 0 Å². The van der Waals surface area contributed by atoms with E-state index in [-0.39, 0.29) is 11.3 Å². The number of benzene rings is 1. The summed E-state index contributed by atoms with van der Waals surface area (Å²) in [4.78, 5) is 31.4. The van der Waals surface area contributed by atoms with Gasteiger partial charge in [-0.2, -0.15) is 5.54 Å². The maximum Gasteiger partial charge on any atom is 0.312 e. The number of hydrogen-bond donors (Lipinski definition) is 1. The molecule has 0 saturated carbocycles. The van der Waals surface area contributed by atoms with Crippen molar-refractivity contribution >= 4 is 17.6 Å². The first-order valence-corrected chi connectivity index (χ1v) is 4.33. The normalized spacial score (nSPS) is 9.53. The van der Waals surface area contributed by atoms with Gasteiger partial charge in [0.15, 0.2) is 0 Å². The van der Waals surface area contributed by atoms with Gasteiger partial charge in [0.2, 0.25) is 5.75 Å². The molecular weight excluding hydrogens is 235 g/mol. The van der Waals surface area contributed by atoms with Crippen molar-refractivity contribution < 1.29 is 23.7 Å². The first-order chi connectivity index (χ1) is 7.95. The Labute approximate surface area is 94.3 Å². The number of carbonyl (C=O) groups excluding carboxylic acids is 2. The summed E-state index contributed by atoms with van der Waals surface area (Å²) in [7, 11) is 0. The van der Waals surface area contributed by atoms with Crippen molar-refractivity contribution in [3.63, 3.8) is 0 Å². The number of hydrogen-bond acceptors (Lipinski definition) is 5. The van der Waals surface area contributed by atoms with E-state index in [4.69, 9.17) is 0 Å². The molecule has 0 bridgehead atoms. The quantitative estimate of drug-likeness (QED) is 0.281. The van der Waals surface area contributed by atoms with Crippen molar-refractivity contribution in [2.24, 2.45) is 0 Å². The van der Waals surface area contributed by atoms with Crippen molar-refractivity contribution in [2.45, 2.75) is 6.92 Å². The van der Waals surface area contributed by atoms with E-state index in [0.717, 1.165) is 30.7 Å². The first-order valence-electron chi connectivity index (χ1n) is 4.33. The lowest BCUT2D eigenvalue weighted by Gasteiger charge is -2.03. The second kappa shape index (κ2) is 5.01. The Bertz CT molecular complexity index is 488. The molecule has 1 aromatic rings. The molecule has 0 unspecified atom stereocenters. The lowest BCUT2D eigenvalue weighted by atomic mass is 10.2. The van der Waals surface area contributed by atoms with Crippen molar-refractivity contribution in [3.05, 3.63) is 33.9 Å². The van der Waals surface area contributed by atoms with Crippen LogP contribution in [0.3, 0.4) is 0 Å². The van der Waals surface area contributed by atoms with E-state index >= 15 is 0 Å². The van der Waals surface area contributed by atoms with Crippen LogP contribution in [0, 0.1) is 10.1 Å². The molecule has 1 amide bonds. The van der Waals surface area contributed by atoms with Crippen LogP contribution >= 0.6 is 0 Å². The van der Waals surface area contributed by atoms with Crippen LogP contribution in [-0.2, 0) is 4.79 Å². The van der Waals surface area contributed by atoms with E-state index in [0.29, 0.717) is 0 Å². The zero-order valence-electron chi connectivity index (χ0n) is 8.60. The molecule has 1 N–H and O–H groups in total. The minimum atomic E-state index is -1.12. The molecule has 0 aliphatic carbocycles. The highest BCUT2D eigenvalue weighted by Crippen LogP contribution is 2.28. The summed E-state index contributed by atoms with van der Waals surface area (Å²) >= 11 is 0. The van der Waals surface area contributed by atoms with Gasteiger partial charge in [-0.1, -0.05) is 4.48 Å². The Morgan fingerprint density at radius 2 is 2.12 bits per heavy atom. The van der Waals surface area contributed by atoms with Crippen LogP contribution in [0.2, 0.25) is 0 Å². The van der Waals surface area contributed by atoms with Gasteiger partial charge in [-0.3, -0.25) is 19.7 Å². The van der Waals surface area contributed by atoms with E-state index in [1.807, 2.05) is 0 Å². The van der Waals surface area contributed by atoms with E-state index in [1.54, 1.807) is 0 Å². The van der Waals surface area contributed by atoms with Gasteiger partial charge in [0.25, 0.3) is 5.91 Å². The highest BCUT2D eigenvalue weighted by Gasteiger charge is 2.19. The van der Waals surface area contributed by atoms with Gasteiger partial charge in [0, 0.05) is 18.6 Å². The molecule has 0 fully saturated rings. The molecule has 0 spiro atoms. The molecule has 1 rings (SSSR count). The van der Waals surface area contributed by atoms with Gasteiger partial charge in [-0.15, -0.1) is 0 Å². The zero-order chi connectivity index (χ0) is 13.0. The van der Waals surface area contributed by atoms with E-state index in [9.17, 15) is 24.2 Å². The molecule has 0 heterocycles. The zero-order valence-corrected chi connectivity index (χ0v) is 8.60. The van der Waals surface area contributed by atoms with Crippen molar-refractivity contribution in [1.82, 2.24) is 5.54 Å². The molecule has 90 valence electrons. The minimum Gasteiger partial charge on any atom is -0.419 e. The second-order valence-electron chi connectivity index (χ2n) is 2.96. The third kappa shape index (κ3) is 2.97. The predicted molar refractivity (Wildman–Crippen MR) is 53.0 cm³/mol. The molecule has 0 aromatic heterocycles. The van der Waals surface area contributed by atoms with Gasteiger partial charge in [-0.25, -0.2) is 0 Å². The monoisotopic (exact) mass is 242 g/mol. The van der Waals surface area contributed by atoms with E-state index < -0.39 is 22.5 Å². The van der Waals surface area contributed by atoms with Gasteiger partial charge in [0.1, 0.15) is 0 Å². The van der Waals surface area contributed by atoms with Crippen LogP contribution < -0.4 is 10.3 Å². The molecular formula is C9H7FN2O5. The number of nitrogens with one attached hydrogen (secondary N) is 1. The van der Waals surface area contributed by atoms with Gasteiger partial charge in [0.05, 0.1) is 4.92 Å². The number of nitrogens with zero attached hydrogens (tertiary/aromatic N) is 1. The highest BCUT2D eigenvalue weighted by atomic mass is 19.2. The second-order valence-corrected chi connectivity index (χ2v) is 2.96. The molecule has 7 nitrogen and oxygen atoms in total. The topological polar surface area (TPSA) is 98.5 Å². The summed E-state index contributed by atoms with van der Waals surface area (Å²) < 4.78 is 16.4. The predicted octanol–water partition coefficient (Wildman–Crippen LogP) is 1.13. The number of nitro groups is 1. The fourth-order valence-corrected chi connectivity index (χ4v) is 1.10. The molecule has 0 atom stereocenters. The standard InChI is InChI=1S/C9H7FN2O5/c1-5(13)17-8-3-2-6(9(14)11-10)4-7(8)12(15)16/h2-4H,1H3,(H,11,14). The molecule has 0 radical (unpaired) electrons. The van der Waals surface area contributed by atoms with Gasteiger partial charge >= 0.3 is 11.7 Å². The molecule has 8 heteroatoms. The lowest BCUT2D eigenvalue weighted by molar-refractivity contribution is -0.385. The van der Waals surface area contributed by atoms with Crippen LogP contribution in [0.15, 0.2) is 18.2 Å². The summed E-state index contributed by atoms with van der Waals surface area (Å²) in [5, 5.41) is 10.7. The SMILES string of the molecule is CC(=O)Oc1ccc(C(=O)NF)cc1[N+](=O)[O-]. The first kappa shape index (κ1) is 12.6.